The maximum absolute atomic E-state index is 14.8. The van der Waals surface area contributed by atoms with E-state index in [4.69, 9.17) is 19.4 Å². The van der Waals surface area contributed by atoms with Crippen LogP contribution in [0.2, 0.25) is 0 Å². The molecule has 4 N–H and O–H groups in total. The first-order valence-corrected chi connectivity index (χ1v) is 30.3. The molecule has 2 saturated heterocycles. The summed E-state index contributed by atoms with van der Waals surface area (Å²) in [5.74, 6) is 1.00. The Bertz CT molecular complexity index is 3430. The topological polar surface area (TPSA) is 175 Å². The normalized spacial score (nSPS) is 22.8. The Morgan fingerprint density at radius 2 is 0.988 bits per heavy atom. The second-order valence-electron chi connectivity index (χ2n) is 26.5. The molecule has 4 amide bonds. The predicted octanol–water partition coefficient (Wildman–Crippen LogP) is 14.0. The van der Waals surface area contributed by atoms with Gasteiger partial charge in [0.05, 0.1) is 34.2 Å². The van der Waals surface area contributed by atoms with Crippen LogP contribution in [-0.4, -0.2) is 95.3 Å². The van der Waals surface area contributed by atoms with Crippen molar-refractivity contribution in [2.24, 2.45) is 23.7 Å². The number of H-pyrrole nitrogens is 2. The van der Waals surface area contributed by atoms with Crippen molar-refractivity contribution in [3.8, 4) is 22.3 Å². The molecule has 0 radical (unpaired) electrons. The van der Waals surface area contributed by atoms with E-state index in [1.54, 1.807) is 13.8 Å². The molecule has 2 saturated carbocycles. The van der Waals surface area contributed by atoms with E-state index in [1.807, 2.05) is 50.5 Å². The number of rotatable bonds is 11. The van der Waals surface area contributed by atoms with E-state index in [9.17, 15) is 32.3 Å². The summed E-state index contributed by atoms with van der Waals surface area (Å²) in [7, 11) is 0. The number of benzene rings is 4. The molecule has 2 aliphatic heterocycles. The molecule has 2 aromatic heterocycles. The fraction of sp³-hybridized carbons (Fsp3) is 0.545. The van der Waals surface area contributed by atoms with Gasteiger partial charge >= 0.3 is 18.4 Å². The minimum absolute atomic E-state index is 0.0793. The monoisotopic (exact) mass is 1140 g/mol. The number of likely N-dealkylation sites (tertiary alicyclic amines) is 2. The number of aromatic amines is 2. The number of nitrogens with zero attached hydrogens (tertiary/aromatic N) is 4. The summed E-state index contributed by atoms with van der Waals surface area (Å²) in [6.07, 6.45) is 6.04. The first kappa shape index (κ1) is 57.9. The molecule has 4 bridgehead atoms. The van der Waals surface area contributed by atoms with Crippen LogP contribution in [-0.2, 0) is 44.7 Å². The summed E-state index contributed by atoms with van der Waals surface area (Å²) in [4.78, 5) is 77.1. The highest BCUT2D eigenvalue weighted by molar-refractivity contribution is 5.89. The van der Waals surface area contributed by atoms with Crippen molar-refractivity contribution < 1.29 is 41.8 Å². The van der Waals surface area contributed by atoms with Gasteiger partial charge in [0.1, 0.15) is 29.3 Å². The Morgan fingerprint density at radius 1 is 0.566 bits per heavy atom. The van der Waals surface area contributed by atoms with Crippen LogP contribution >= 0.6 is 0 Å². The molecule has 6 aliphatic carbocycles. The van der Waals surface area contributed by atoms with Gasteiger partial charge in [-0.3, -0.25) is 9.59 Å². The lowest BCUT2D eigenvalue weighted by Gasteiger charge is -2.37. The smallest absolute Gasteiger partial charge is 0.427 e. The Kier molecular flexibility index (Phi) is 15.8. The maximum Gasteiger partial charge on any atom is 0.427 e. The molecule has 442 valence electrons. The van der Waals surface area contributed by atoms with E-state index in [0.29, 0.717) is 18.2 Å². The second kappa shape index (κ2) is 22.6. The lowest BCUT2D eigenvalue weighted by molar-refractivity contribution is -0.244. The fourth-order valence-corrected chi connectivity index (χ4v) is 14.1. The number of nitrogens with one attached hydrogen (secondary N) is 4. The van der Waals surface area contributed by atoms with E-state index in [2.05, 4.69) is 87.3 Å². The van der Waals surface area contributed by atoms with Crippen LogP contribution in [0.15, 0.2) is 72.8 Å². The maximum atomic E-state index is 14.8. The van der Waals surface area contributed by atoms with Crippen molar-refractivity contribution in [2.45, 2.75) is 206 Å². The van der Waals surface area contributed by atoms with Crippen LogP contribution in [0.25, 0.3) is 44.3 Å². The Labute approximate surface area is 484 Å². The number of amides is 4. The van der Waals surface area contributed by atoms with Gasteiger partial charge in [-0.25, -0.2) is 19.6 Å². The third kappa shape index (κ3) is 11.8. The Hall–Kier alpha value is -6.91. The SMILES string of the molecule is CC(C)[C@H](NC(=O)OC(C)(C)C)C(=O)N1[C@H](c2nc3ccc(-c4cc5ccc4CCc4ccc(c(-c6ccc7nc([C@@H]8C[C@@H]9CCCC[C@@H]9N8C(=O)[C@@H](NC(=O)OC(C)(C)C(F)(F)F)C(C)C)[nH]c7c6)c4)CC5)cc3[nH]2)C[C@@H]2CCCC[C@@H]21. The fourth-order valence-electron chi connectivity index (χ4n) is 14.1. The van der Waals surface area contributed by atoms with Crippen molar-refractivity contribution in [3.63, 3.8) is 0 Å². The van der Waals surface area contributed by atoms with Gasteiger partial charge in [0.2, 0.25) is 17.4 Å². The van der Waals surface area contributed by atoms with E-state index in [0.717, 1.165) is 142 Å². The average Bonchev–Trinajstić information content (AvgIpc) is 4.39. The van der Waals surface area contributed by atoms with E-state index >= 15 is 0 Å². The molecular weight excluding hydrogens is 1060 g/mol. The molecule has 0 unspecified atom stereocenters. The number of hydrogen-bond acceptors (Lipinski definition) is 8. The number of fused-ring (bicyclic) bond motifs is 4. The number of halogens is 3. The second-order valence-corrected chi connectivity index (χ2v) is 26.5. The molecule has 4 fully saturated rings. The van der Waals surface area contributed by atoms with Crippen molar-refractivity contribution >= 4 is 46.1 Å². The zero-order valence-corrected chi connectivity index (χ0v) is 49.5. The van der Waals surface area contributed by atoms with Crippen LogP contribution in [0.4, 0.5) is 22.8 Å². The zero-order chi connectivity index (χ0) is 58.9. The predicted molar refractivity (Wildman–Crippen MR) is 314 cm³/mol. The van der Waals surface area contributed by atoms with Crippen LogP contribution in [0, 0.1) is 23.7 Å². The van der Waals surface area contributed by atoms with Crippen LogP contribution in [0.1, 0.15) is 173 Å². The molecule has 4 heterocycles. The van der Waals surface area contributed by atoms with Gasteiger partial charge in [-0.1, -0.05) is 102 Å². The van der Waals surface area contributed by atoms with Gasteiger partial charge in [0.15, 0.2) is 0 Å². The number of alkyl halides is 3. The minimum Gasteiger partial charge on any atom is -0.444 e. The summed E-state index contributed by atoms with van der Waals surface area (Å²) in [5, 5.41) is 5.45. The number of carbonyl (C=O) groups excluding carboxylic acids is 4. The number of imidazole rings is 2. The highest BCUT2D eigenvalue weighted by atomic mass is 19.4. The summed E-state index contributed by atoms with van der Waals surface area (Å²) in [6, 6.07) is 24.0. The Balaban J connectivity index is 0.829. The highest BCUT2D eigenvalue weighted by Crippen LogP contribution is 2.49. The van der Waals surface area contributed by atoms with Crippen molar-refractivity contribution in [1.29, 1.82) is 0 Å². The number of carbonyl (C=O) groups is 4. The quantitative estimate of drug-likeness (QED) is 0.0991. The van der Waals surface area contributed by atoms with Crippen molar-refractivity contribution in [3.05, 3.63) is 107 Å². The third-order valence-electron chi connectivity index (χ3n) is 18.5. The largest absolute Gasteiger partial charge is 0.444 e. The first-order valence-electron chi connectivity index (χ1n) is 30.3. The number of aryl methyl sites for hydroxylation is 4. The lowest BCUT2D eigenvalue weighted by atomic mass is 9.84. The summed E-state index contributed by atoms with van der Waals surface area (Å²) in [6.45, 7) is 14.5. The number of alkyl carbamates (subject to hydrolysis) is 2. The molecule has 83 heavy (non-hydrogen) atoms. The molecule has 17 heteroatoms. The van der Waals surface area contributed by atoms with E-state index in [-0.39, 0.29) is 41.8 Å². The van der Waals surface area contributed by atoms with Gasteiger partial charge in [0.25, 0.3) is 0 Å². The van der Waals surface area contributed by atoms with Gasteiger partial charge < -0.3 is 39.9 Å². The van der Waals surface area contributed by atoms with Crippen molar-refractivity contribution in [2.75, 3.05) is 0 Å². The molecular formula is C66H81F3N8O6. The third-order valence-corrected chi connectivity index (χ3v) is 18.5. The Morgan fingerprint density at radius 3 is 1.40 bits per heavy atom. The van der Waals surface area contributed by atoms with Gasteiger partial charge in [-0.2, -0.15) is 13.2 Å². The average molecular weight is 1140 g/mol. The molecule has 8 aliphatic rings. The number of aromatic nitrogens is 4. The van der Waals surface area contributed by atoms with Crippen molar-refractivity contribution in [1.82, 2.24) is 40.4 Å². The minimum atomic E-state index is -4.79. The molecule has 0 spiro atoms. The zero-order valence-electron chi connectivity index (χ0n) is 49.5. The van der Waals surface area contributed by atoms with Crippen LogP contribution in [0.5, 0.6) is 0 Å². The van der Waals surface area contributed by atoms with E-state index in [1.165, 1.54) is 27.8 Å². The summed E-state index contributed by atoms with van der Waals surface area (Å²) >= 11 is 0. The molecule has 8 atom stereocenters. The van der Waals surface area contributed by atoms with Crippen LogP contribution in [0.3, 0.4) is 0 Å². The lowest BCUT2D eigenvalue weighted by Crippen LogP contribution is -2.55. The first-order chi connectivity index (χ1) is 39.4. The summed E-state index contributed by atoms with van der Waals surface area (Å²) < 4.78 is 51.6. The number of hydrogen-bond donors (Lipinski definition) is 4. The molecule has 4 aromatic carbocycles. The highest BCUT2D eigenvalue weighted by Gasteiger charge is 2.53. The molecule has 14 rings (SSSR count). The molecule has 14 nitrogen and oxygen atoms in total. The van der Waals surface area contributed by atoms with E-state index < -0.39 is 53.6 Å². The van der Waals surface area contributed by atoms with Crippen LogP contribution < -0.4 is 10.6 Å². The molecule has 6 aromatic rings. The number of ether oxygens (including phenoxy) is 2. The summed E-state index contributed by atoms with van der Waals surface area (Å²) in [5.41, 5.74) is 9.38. The standard InChI is InChI=1S/C66H81F3N8O6/c1-36(2)56(74-62(80)82-64(5,6)7)60(78)76-52-16-12-10-14-44(52)34-54(76)58-70-48-28-26-42(32-50(48)72-58)46-30-38-18-22-40(46)23-19-39-21-25-41(24-20-38)47(31-39)43-27-29-49-51(33-43)73-59(71-49)55-35-45-15-11-13-17-53(45)77(55)61(79)57(37(3)4)75-63(81)83-65(8,9)66(67,68)69/h18,21-22,25-33,36-37,44-45,52-57H,10-17,19-20,23-24,34-35H2,1-9H3,(H,70,72)(H,71,73)(H,74,80)(H,75,81)/t44-,45-,52-,53-,54-,55-,56-,57-/m0/s1. The van der Waals surface area contributed by atoms with Gasteiger partial charge in [0, 0.05) is 12.1 Å². The van der Waals surface area contributed by atoms with Gasteiger partial charge in [-0.05, 0) is 191 Å². The van der Waals surface area contributed by atoms with Gasteiger partial charge in [-0.15, -0.1) is 0 Å².